The molecule has 19 heavy (non-hydrogen) atoms. The molecule has 0 radical (unpaired) electrons. The molecular weight excluding hydrogens is 254 g/mol. The molecule has 3 N–H and O–H groups in total. The van der Waals surface area contributed by atoms with E-state index in [0.29, 0.717) is 5.82 Å². The van der Waals surface area contributed by atoms with E-state index in [1.165, 1.54) is 16.0 Å². The highest BCUT2D eigenvalue weighted by Crippen LogP contribution is 2.38. The average molecular weight is 269 g/mol. The van der Waals surface area contributed by atoms with E-state index < -0.39 is 0 Å². The van der Waals surface area contributed by atoms with Crippen LogP contribution >= 0.6 is 11.3 Å². The number of H-pyrrole nitrogens is 1. The average Bonchev–Trinajstić information content (AvgIpc) is 2.95. The molecule has 1 aromatic carbocycles. The number of aryl methyl sites for hydroxylation is 2. The second kappa shape index (κ2) is 4.55. The first-order valence-electron chi connectivity index (χ1n) is 6.12. The van der Waals surface area contributed by atoms with Gasteiger partial charge in [0.25, 0.3) is 0 Å². The van der Waals surface area contributed by atoms with Crippen molar-refractivity contribution in [2.45, 2.75) is 13.8 Å². The van der Waals surface area contributed by atoms with Crippen molar-refractivity contribution in [3.63, 3.8) is 0 Å². The van der Waals surface area contributed by atoms with Gasteiger partial charge in [0.2, 0.25) is 0 Å². The number of hydrogen-bond donors (Lipinski definition) is 2. The van der Waals surface area contributed by atoms with E-state index in [-0.39, 0.29) is 0 Å². The number of aromatic nitrogens is 2. The minimum atomic E-state index is 0.549. The maximum atomic E-state index is 6.04. The molecule has 2 aromatic heterocycles. The normalized spacial score (nSPS) is 10.8. The molecule has 0 bridgehead atoms. The number of nitrogens with zero attached hydrogens (tertiary/aromatic N) is 1. The van der Waals surface area contributed by atoms with Gasteiger partial charge in [-0.05, 0) is 36.4 Å². The van der Waals surface area contributed by atoms with Crippen LogP contribution in [0.15, 0.2) is 35.7 Å². The van der Waals surface area contributed by atoms with Crippen LogP contribution in [0.4, 0.5) is 5.82 Å². The summed E-state index contributed by atoms with van der Waals surface area (Å²) < 4.78 is 0. The van der Waals surface area contributed by atoms with E-state index in [9.17, 15) is 0 Å². The van der Waals surface area contributed by atoms with Crippen LogP contribution in [0.25, 0.3) is 21.7 Å². The molecule has 0 aliphatic carbocycles. The van der Waals surface area contributed by atoms with Crippen molar-refractivity contribution in [3.8, 4) is 21.7 Å². The number of nitrogen functional groups attached to an aromatic ring is 1. The minimum Gasteiger partial charge on any atom is -0.382 e. The summed E-state index contributed by atoms with van der Waals surface area (Å²) in [6, 6.07) is 10.4. The van der Waals surface area contributed by atoms with Crippen LogP contribution in [0.5, 0.6) is 0 Å². The predicted molar refractivity (Wildman–Crippen MR) is 81.2 cm³/mol. The number of anilines is 1. The van der Waals surface area contributed by atoms with E-state index in [4.69, 9.17) is 5.73 Å². The molecule has 96 valence electrons. The lowest BCUT2D eigenvalue weighted by molar-refractivity contribution is 1.10. The Balaban J connectivity index is 2.22. The van der Waals surface area contributed by atoms with Gasteiger partial charge in [-0.25, -0.2) is 0 Å². The Kier molecular flexibility index (Phi) is 2.87. The van der Waals surface area contributed by atoms with Gasteiger partial charge < -0.3 is 5.73 Å². The summed E-state index contributed by atoms with van der Waals surface area (Å²) in [4.78, 5) is 1.20. The lowest BCUT2D eigenvalue weighted by Crippen LogP contribution is -1.89. The quantitative estimate of drug-likeness (QED) is 0.738. The van der Waals surface area contributed by atoms with Crippen LogP contribution in [0, 0.1) is 13.8 Å². The molecule has 3 rings (SSSR count). The molecule has 0 fully saturated rings. The first kappa shape index (κ1) is 12.0. The first-order valence-corrected chi connectivity index (χ1v) is 7.00. The molecule has 0 amide bonds. The van der Waals surface area contributed by atoms with Crippen molar-refractivity contribution >= 4 is 17.2 Å². The predicted octanol–water partition coefficient (Wildman–Crippen LogP) is 4.00. The van der Waals surface area contributed by atoms with E-state index in [0.717, 1.165) is 16.8 Å². The molecule has 0 aliphatic rings. The lowest BCUT2D eigenvalue weighted by Gasteiger charge is -2.05. The SMILES string of the molecule is Cc1cccc(-c2c(N)n[nH]c2-c2sccc2C)c1. The van der Waals surface area contributed by atoms with Crippen LogP contribution in [0.1, 0.15) is 11.1 Å². The van der Waals surface area contributed by atoms with Gasteiger partial charge >= 0.3 is 0 Å². The van der Waals surface area contributed by atoms with Crippen LogP contribution in [0.2, 0.25) is 0 Å². The lowest BCUT2D eigenvalue weighted by atomic mass is 10.0. The third-order valence-electron chi connectivity index (χ3n) is 3.19. The highest BCUT2D eigenvalue weighted by atomic mass is 32.1. The molecule has 4 heteroatoms. The number of rotatable bonds is 2. The number of aromatic amines is 1. The van der Waals surface area contributed by atoms with Crippen molar-refractivity contribution < 1.29 is 0 Å². The van der Waals surface area contributed by atoms with Gasteiger partial charge in [-0.3, -0.25) is 5.10 Å². The van der Waals surface area contributed by atoms with Gasteiger partial charge in [0.15, 0.2) is 5.82 Å². The molecule has 3 nitrogen and oxygen atoms in total. The first-order chi connectivity index (χ1) is 9.16. The third kappa shape index (κ3) is 2.04. The third-order valence-corrected chi connectivity index (χ3v) is 4.22. The van der Waals surface area contributed by atoms with Gasteiger partial charge in [0, 0.05) is 0 Å². The largest absolute Gasteiger partial charge is 0.382 e. The van der Waals surface area contributed by atoms with Gasteiger partial charge in [-0.1, -0.05) is 29.8 Å². The van der Waals surface area contributed by atoms with Crippen molar-refractivity contribution in [3.05, 3.63) is 46.8 Å². The Morgan fingerprint density at radius 1 is 1.21 bits per heavy atom. The van der Waals surface area contributed by atoms with Gasteiger partial charge in [-0.15, -0.1) is 11.3 Å². The maximum Gasteiger partial charge on any atom is 0.153 e. The molecular formula is C15H15N3S. The zero-order chi connectivity index (χ0) is 13.4. The second-order valence-electron chi connectivity index (χ2n) is 4.66. The Bertz CT molecular complexity index is 725. The van der Waals surface area contributed by atoms with Crippen LogP contribution in [-0.4, -0.2) is 10.2 Å². The fourth-order valence-corrected chi connectivity index (χ4v) is 3.17. The monoisotopic (exact) mass is 269 g/mol. The number of nitrogens with two attached hydrogens (primary N) is 1. The van der Waals surface area contributed by atoms with E-state index in [1.54, 1.807) is 11.3 Å². The molecule has 2 heterocycles. The standard InChI is InChI=1S/C15H15N3S/c1-9-4-3-5-11(8-9)12-13(17-18-15(12)16)14-10(2)6-7-19-14/h3-8H,1-2H3,(H3,16,17,18). The summed E-state index contributed by atoms with van der Waals surface area (Å²) in [5.74, 6) is 0.549. The van der Waals surface area contributed by atoms with Crippen molar-refractivity contribution in [1.29, 1.82) is 0 Å². The number of hydrogen-bond acceptors (Lipinski definition) is 3. The minimum absolute atomic E-state index is 0.549. The van der Waals surface area contributed by atoms with Crippen LogP contribution in [-0.2, 0) is 0 Å². The Labute approximate surface area is 116 Å². The number of thiophene rings is 1. The number of benzene rings is 1. The van der Waals surface area contributed by atoms with Crippen molar-refractivity contribution in [2.75, 3.05) is 5.73 Å². The van der Waals surface area contributed by atoms with Gasteiger partial charge in [0.1, 0.15) is 0 Å². The Hall–Kier alpha value is -2.07. The summed E-state index contributed by atoms with van der Waals surface area (Å²) in [5, 5.41) is 9.33. The topological polar surface area (TPSA) is 54.7 Å². The van der Waals surface area contributed by atoms with E-state index in [1.807, 2.05) is 6.07 Å². The molecule has 0 aliphatic heterocycles. The fraction of sp³-hybridized carbons (Fsp3) is 0.133. The van der Waals surface area contributed by atoms with E-state index >= 15 is 0 Å². The van der Waals surface area contributed by atoms with Crippen LogP contribution < -0.4 is 5.73 Å². The highest BCUT2D eigenvalue weighted by molar-refractivity contribution is 7.13. The van der Waals surface area contributed by atoms with Crippen molar-refractivity contribution in [2.24, 2.45) is 0 Å². The Morgan fingerprint density at radius 2 is 2.05 bits per heavy atom. The molecule has 0 unspecified atom stereocenters. The zero-order valence-electron chi connectivity index (χ0n) is 10.9. The smallest absolute Gasteiger partial charge is 0.153 e. The molecule has 0 saturated heterocycles. The van der Waals surface area contributed by atoms with E-state index in [2.05, 4.69) is 53.7 Å². The summed E-state index contributed by atoms with van der Waals surface area (Å²) in [5.41, 5.74) is 11.6. The van der Waals surface area contributed by atoms with Crippen molar-refractivity contribution in [1.82, 2.24) is 10.2 Å². The molecule has 0 atom stereocenters. The summed E-state index contributed by atoms with van der Waals surface area (Å²) >= 11 is 1.70. The van der Waals surface area contributed by atoms with Crippen LogP contribution in [0.3, 0.4) is 0 Å². The molecule has 0 spiro atoms. The molecule has 0 saturated carbocycles. The van der Waals surface area contributed by atoms with Gasteiger partial charge in [-0.2, -0.15) is 5.10 Å². The summed E-state index contributed by atoms with van der Waals surface area (Å²) in [6.07, 6.45) is 0. The Morgan fingerprint density at radius 3 is 2.74 bits per heavy atom. The maximum absolute atomic E-state index is 6.04. The number of nitrogens with one attached hydrogen (secondary N) is 1. The molecule has 3 aromatic rings. The second-order valence-corrected chi connectivity index (χ2v) is 5.58. The zero-order valence-corrected chi connectivity index (χ0v) is 11.7. The summed E-state index contributed by atoms with van der Waals surface area (Å²) in [7, 11) is 0. The van der Waals surface area contributed by atoms with Gasteiger partial charge in [0.05, 0.1) is 16.1 Å². The summed E-state index contributed by atoms with van der Waals surface area (Å²) in [6.45, 7) is 4.18. The highest BCUT2D eigenvalue weighted by Gasteiger charge is 2.16. The fourth-order valence-electron chi connectivity index (χ4n) is 2.24.